The number of pyridine rings is 1. The Morgan fingerprint density at radius 2 is 2.50 bits per heavy atom. The Morgan fingerprint density at radius 1 is 1.69 bits per heavy atom. The highest BCUT2D eigenvalue weighted by Crippen LogP contribution is 2.01. The summed E-state index contributed by atoms with van der Waals surface area (Å²) in [6, 6.07) is 3.67. The highest BCUT2D eigenvalue weighted by molar-refractivity contribution is 5.95. The third-order valence-electron chi connectivity index (χ3n) is 2.05. The SMILES string of the molecule is C=CCCNCc1ccnc(/C(N)=N\O)c1. The number of oxime groups is 1. The van der Waals surface area contributed by atoms with Crippen LogP contribution in [0.4, 0.5) is 0 Å². The minimum Gasteiger partial charge on any atom is -0.409 e. The lowest BCUT2D eigenvalue weighted by Crippen LogP contribution is -2.17. The minimum atomic E-state index is 0.0212. The molecule has 1 aromatic rings. The van der Waals surface area contributed by atoms with Crippen LogP contribution in [0.15, 0.2) is 36.1 Å². The number of nitrogens with one attached hydrogen (secondary N) is 1. The van der Waals surface area contributed by atoms with Gasteiger partial charge in [-0.05, 0) is 30.7 Å². The number of amidine groups is 1. The Labute approximate surface area is 94.7 Å². The summed E-state index contributed by atoms with van der Waals surface area (Å²) in [4.78, 5) is 3.99. The van der Waals surface area contributed by atoms with Gasteiger partial charge in [0.1, 0.15) is 5.69 Å². The van der Waals surface area contributed by atoms with Crippen molar-refractivity contribution in [2.24, 2.45) is 10.9 Å². The standard InChI is InChI=1S/C11H16N4O/c1-2-3-5-13-8-9-4-6-14-10(7-9)11(12)15-16/h2,4,6-7,13,16H,1,3,5,8H2,(H2,12,15). The molecule has 0 aromatic carbocycles. The zero-order chi connectivity index (χ0) is 11.8. The lowest BCUT2D eigenvalue weighted by Gasteiger charge is -2.04. The summed E-state index contributed by atoms with van der Waals surface area (Å²) < 4.78 is 0. The average molecular weight is 220 g/mol. The molecule has 0 aliphatic rings. The van der Waals surface area contributed by atoms with Crippen molar-refractivity contribution in [1.82, 2.24) is 10.3 Å². The smallest absolute Gasteiger partial charge is 0.188 e. The first-order valence-electron chi connectivity index (χ1n) is 5.02. The summed E-state index contributed by atoms with van der Waals surface area (Å²) in [5.41, 5.74) is 6.96. The van der Waals surface area contributed by atoms with Gasteiger partial charge < -0.3 is 16.3 Å². The van der Waals surface area contributed by atoms with E-state index in [2.05, 4.69) is 22.0 Å². The largest absolute Gasteiger partial charge is 0.409 e. The summed E-state index contributed by atoms with van der Waals surface area (Å²) in [5, 5.41) is 14.7. The van der Waals surface area contributed by atoms with Crippen molar-refractivity contribution in [3.05, 3.63) is 42.2 Å². The van der Waals surface area contributed by atoms with Gasteiger partial charge in [0, 0.05) is 12.7 Å². The first-order valence-corrected chi connectivity index (χ1v) is 5.02. The van der Waals surface area contributed by atoms with Gasteiger partial charge in [0.2, 0.25) is 0 Å². The first-order chi connectivity index (χ1) is 7.77. The van der Waals surface area contributed by atoms with Gasteiger partial charge in [0.25, 0.3) is 0 Å². The fourth-order valence-corrected chi connectivity index (χ4v) is 1.21. The molecule has 0 saturated carbocycles. The van der Waals surface area contributed by atoms with Gasteiger partial charge in [0.05, 0.1) is 0 Å². The molecular weight excluding hydrogens is 204 g/mol. The van der Waals surface area contributed by atoms with Crippen molar-refractivity contribution in [2.75, 3.05) is 6.54 Å². The molecule has 0 saturated heterocycles. The second-order valence-corrected chi connectivity index (χ2v) is 3.29. The van der Waals surface area contributed by atoms with E-state index in [1.54, 1.807) is 12.3 Å². The van der Waals surface area contributed by atoms with Crippen LogP contribution in [0, 0.1) is 0 Å². The van der Waals surface area contributed by atoms with Crippen LogP contribution in [0.1, 0.15) is 17.7 Å². The van der Waals surface area contributed by atoms with Gasteiger partial charge in [0.15, 0.2) is 5.84 Å². The summed E-state index contributed by atoms with van der Waals surface area (Å²) in [6.45, 7) is 5.25. The molecule has 5 heteroatoms. The number of hydrogen-bond acceptors (Lipinski definition) is 4. The van der Waals surface area contributed by atoms with Crippen LogP contribution in [-0.2, 0) is 6.54 Å². The monoisotopic (exact) mass is 220 g/mol. The Kier molecular flexibility index (Phi) is 5.01. The van der Waals surface area contributed by atoms with Gasteiger partial charge in [-0.3, -0.25) is 4.98 Å². The summed E-state index contributed by atoms with van der Waals surface area (Å²) in [5.74, 6) is 0.0212. The average Bonchev–Trinajstić information content (AvgIpc) is 2.34. The molecule has 0 radical (unpaired) electrons. The molecule has 86 valence electrons. The molecule has 0 unspecified atom stereocenters. The van der Waals surface area contributed by atoms with Crippen LogP contribution in [0.5, 0.6) is 0 Å². The van der Waals surface area contributed by atoms with Crippen molar-refractivity contribution in [3.63, 3.8) is 0 Å². The highest BCUT2D eigenvalue weighted by Gasteiger charge is 2.01. The fraction of sp³-hybridized carbons (Fsp3) is 0.273. The Balaban J connectivity index is 2.57. The number of nitrogens with two attached hydrogens (primary N) is 1. The number of nitrogens with zero attached hydrogens (tertiary/aromatic N) is 2. The van der Waals surface area contributed by atoms with E-state index in [1.807, 2.05) is 12.1 Å². The molecule has 0 bridgehead atoms. The molecule has 0 aliphatic carbocycles. The van der Waals surface area contributed by atoms with E-state index in [1.165, 1.54) is 0 Å². The van der Waals surface area contributed by atoms with Crippen molar-refractivity contribution in [3.8, 4) is 0 Å². The normalized spacial score (nSPS) is 11.4. The topological polar surface area (TPSA) is 83.5 Å². The van der Waals surface area contributed by atoms with Crippen LogP contribution in [-0.4, -0.2) is 22.6 Å². The van der Waals surface area contributed by atoms with E-state index >= 15 is 0 Å². The maximum atomic E-state index is 8.52. The molecule has 0 fully saturated rings. The lowest BCUT2D eigenvalue weighted by molar-refractivity contribution is 0.318. The van der Waals surface area contributed by atoms with Crippen LogP contribution in [0.3, 0.4) is 0 Å². The Morgan fingerprint density at radius 3 is 3.19 bits per heavy atom. The molecular formula is C11H16N4O. The third kappa shape index (κ3) is 3.70. The second kappa shape index (κ2) is 6.58. The molecule has 16 heavy (non-hydrogen) atoms. The Hall–Kier alpha value is -1.88. The zero-order valence-corrected chi connectivity index (χ0v) is 9.06. The van der Waals surface area contributed by atoms with E-state index in [4.69, 9.17) is 10.9 Å². The molecule has 4 N–H and O–H groups in total. The lowest BCUT2D eigenvalue weighted by atomic mass is 10.2. The molecule has 0 amide bonds. The second-order valence-electron chi connectivity index (χ2n) is 3.29. The summed E-state index contributed by atoms with van der Waals surface area (Å²) in [6.07, 6.45) is 4.43. The molecule has 5 nitrogen and oxygen atoms in total. The third-order valence-corrected chi connectivity index (χ3v) is 2.05. The van der Waals surface area contributed by atoms with Gasteiger partial charge >= 0.3 is 0 Å². The van der Waals surface area contributed by atoms with Crippen LogP contribution >= 0.6 is 0 Å². The van der Waals surface area contributed by atoms with Gasteiger partial charge in [-0.25, -0.2) is 0 Å². The number of aromatic nitrogens is 1. The predicted molar refractivity (Wildman–Crippen MR) is 63.3 cm³/mol. The van der Waals surface area contributed by atoms with E-state index in [-0.39, 0.29) is 5.84 Å². The van der Waals surface area contributed by atoms with E-state index in [0.717, 1.165) is 25.1 Å². The van der Waals surface area contributed by atoms with Crippen molar-refractivity contribution in [1.29, 1.82) is 0 Å². The molecule has 0 atom stereocenters. The van der Waals surface area contributed by atoms with E-state index < -0.39 is 0 Å². The Bertz CT molecular complexity index is 376. The van der Waals surface area contributed by atoms with Crippen LogP contribution in [0.2, 0.25) is 0 Å². The summed E-state index contributed by atoms with van der Waals surface area (Å²) >= 11 is 0. The first kappa shape index (κ1) is 12.2. The van der Waals surface area contributed by atoms with E-state index in [0.29, 0.717) is 5.69 Å². The highest BCUT2D eigenvalue weighted by atomic mass is 16.4. The van der Waals surface area contributed by atoms with Crippen molar-refractivity contribution < 1.29 is 5.21 Å². The van der Waals surface area contributed by atoms with Crippen LogP contribution < -0.4 is 11.1 Å². The summed E-state index contributed by atoms with van der Waals surface area (Å²) in [7, 11) is 0. The molecule has 1 aromatic heterocycles. The quantitative estimate of drug-likeness (QED) is 0.166. The van der Waals surface area contributed by atoms with E-state index in [9.17, 15) is 0 Å². The zero-order valence-electron chi connectivity index (χ0n) is 9.06. The van der Waals surface area contributed by atoms with Crippen LogP contribution in [0.25, 0.3) is 0 Å². The fourth-order valence-electron chi connectivity index (χ4n) is 1.21. The molecule has 1 heterocycles. The van der Waals surface area contributed by atoms with Crippen molar-refractivity contribution in [2.45, 2.75) is 13.0 Å². The van der Waals surface area contributed by atoms with Gasteiger partial charge in [-0.1, -0.05) is 11.2 Å². The minimum absolute atomic E-state index is 0.0212. The van der Waals surface area contributed by atoms with Crippen molar-refractivity contribution >= 4 is 5.84 Å². The number of rotatable bonds is 6. The number of hydrogen-bond donors (Lipinski definition) is 3. The molecule has 0 aliphatic heterocycles. The predicted octanol–water partition coefficient (Wildman–Crippen LogP) is 0.842. The van der Waals surface area contributed by atoms with Gasteiger partial charge in [-0.15, -0.1) is 6.58 Å². The maximum Gasteiger partial charge on any atom is 0.188 e. The maximum absolute atomic E-state index is 8.52. The molecule has 0 spiro atoms. The van der Waals surface area contributed by atoms with Gasteiger partial charge in [-0.2, -0.15) is 0 Å². The molecule has 1 rings (SSSR count).